The van der Waals surface area contributed by atoms with Gasteiger partial charge in [-0.2, -0.15) is 5.26 Å². The fourth-order valence-corrected chi connectivity index (χ4v) is 1.75. The largest absolute Gasteiger partial charge is 0.205 e. The molecule has 1 aromatic rings. The summed E-state index contributed by atoms with van der Waals surface area (Å²) in [5.74, 6) is -0.370. The normalized spacial score (nSPS) is 9.50. The van der Waals surface area contributed by atoms with Crippen LogP contribution < -0.4 is 0 Å². The molecule has 0 radical (unpaired) electrons. The van der Waals surface area contributed by atoms with Crippen LogP contribution in [0.25, 0.3) is 0 Å². The molecule has 1 aromatic carbocycles. The van der Waals surface area contributed by atoms with Gasteiger partial charge in [-0.05, 0) is 28.1 Å². The van der Waals surface area contributed by atoms with Crippen LogP contribution in [0.5, 0.6) is 0 Å². The summed E-state index contributed by atoms with van der Waals surface area (Å²) in [5.41, 5.74) is 0.763. The summed E-state index contributed by atoms with van der Waals surface area (Å²) < 4.78 is 13.6. The number of halogens is 3. The second kappa shape index (κ2) is 4.01. The number of hydrogen-bond acceptors (Lipinski definition) is 1. The maximum absolute atomic E-state index is 13.2. The fraction of sp³-hybridized carbons (Fsp3) is 0.125. The smallest absolute Gasteiger partial charge is 0.142 e. The highest BCUT2D eigenvalue weighted by atomic mass is 79.9. The second-order valence-electron chi connectivity index (χ2n) is 2.13. The van der Waals surface area contributed by atoms with E-state index in [1.54, 1.807) is 6.07 Å². The molecule has 0 aromatic heterocycles. The monoisotopic (exact) mass is 291 g/mol. The quantitative estimate of drug-likeness (QED) is 0.728. The van der Waals surface area contributed by atoms with Crippen molar-refractivity contribution in [2.24, 2.45) is 0 Å². The number of nitrogens with zero attached hydrogens (tertiary/aromatic N) is 1. The van der Waals surface area contributed by atoms with E-state index in [2.05, 4.69) is 31.9 Å². The van der Waals surface area contributed by atoms with Crippen molar-refractivity contribution in [2.75, 3.05) is 0 Å². The molecule has 0 heterocycles. The Morgan fingerprint density at radius 3 is 2.67 bits per heavy atom. The van der Waals surface area contributed by atoms with Crippen LogP contribution in [0, 0.1) is 17.1 Å². The molecule has 0 bridgehead atoms. The molecule has 1 nitrogen and oxygen atoms in total. The van der Waals surface area contributed by atoms with Gasteiger partial charge in [-0.25, -0.2) is 4.39 Å². The van der Waals surface area contributed by atoms with Gasteiger partial charge in [0.1, 0.15) is 5.82 Å². The summed E-state index contributed by atoms with van der Waals surface area (Å²) in [6, 6.07) is 5.04. The van der Waals surface area contributed by atoms with Gasteiger partial charge in [0.25, 0.3) is 0 Å². The Bertz CT molecular complexity index is 344. The Hall–Kier alpha value is -0.400. The number of alkyl halides is 1. The Morgan fingerprint density at radius 1 is 1.50 bits per heavy atom. The Morgan fingerprint density at radius 2 is 2.17 bits per heavy atom. The first-order valence-electron chi connectivity index (χ1n) is 3.13. The van der Waals surface area contributed by atoms with Gasteiger partial charge in [-0.1, -0.05) is 15.9 Å². The van der Waals surface area contributed by atoms with E-state index in [9.17, 15) is 4.39 Å². The van der Waals surface area contributed by atoms with Crippen molar-refractivity contribution in [2.45, 2.75) is 5.33 Å². The maximum atomic E-state index is 13.2. The van der Waals surface area contributed by atoms with Gasteiger partial charge in [-0.15, -0.1) is 0 Å². The molecule has 0 unspecified atom stereocenters. The third-order valence-electron chi connectivity index (χ3n) is 1.45. The molecule has 0 fully saturated rings. The molecule has 4 heteroatoms. The molecule has 0 N–H and O–H groups in total. The topological polar surface area (TPSA) is 23.8 Å². The van der Waals surface area contributed by atoms with Gasteiger partial charge in [0.15, 0.2) is 0 Å². The second-order valence-corrected chi connectivity index (χ2v) is 3.55. The average Bonchev–Trinajstić information content (AvgIpc) is 2.09. The van der Waals surface area contributed by atoms with E-state index in [1.165, 1.54) is 6.07 Å². The van der Waals surface area contributed by atoms with Crippen LogP contribution >= 0.6 is 31.9 Å². The average molecular weight is 293 g/mol. The van der Waals surface area contributed by atoms with Gasteiger partial charge in [0.2, 0.25) is 0 Å². The lowest BCUT2D eigenvalue weighted by Crippen LogP contribution is -1.92. The number of benzene rings is 1. The summed E-state index contributed by atoms with van der Waals surface area (Å²) >= 11 is 6.17. The maximum Gasteiger partial charge on any atom is 0.142 e. The highest BCUT2D eigenvalue weighted by Crippen LogP contribution is 2.23. The van der Waals surface area contributed by atoms with Crippen LogP contribution in [0.15, 0.2) is 16.6 Å². The van der Waals surface area contributed by atoms with Crippen LogP contribution in [0.2, 0.25) is 0 Å². The molecule has 0 aliphatic rings. The predicted octanol–water partition coefficient (Wildman–Crippen LogP) is 3.35. The van der Waals surface area contributed by atoms with E-state index in [0.29, 0.717) is 20.9 Å². The molecule has 0 spiro atoms. The predicted molar refractivity (Wildman–Crippen MR) is 51.4 cm³/mol. The zero-order valence-electron chi connectivity index (χ0n) is 5.94. The van der Waals surface area contributed by atoms with E-state index in [4.69, 9.17) is 5.26 Å². The molecular formula is C8H4Br2FN. The lowest BCUT2D eigenvalue weighted by atomic mass is 10.1. The summed E-state index contributed by atoms with van der Waals surface area (Å²) in [7, 11) is 0. The standard InChI is InChI=1S/C8H4Br2FN/c9-3-6-5(4-12)1-2-7(10)8(6)11/h1-2H,3H2. The Kier molecular flexibility index (Phi) is 3.24. The third kappa shape index (κ3) is 1.67. The SMILES string of the molecule is N#Cc1ccc(Br)c(F)c1CBr. The first-order valence-corrected chi connectivity index (χ1v) is 5.05. The minimum Gasteiger partial charge on any atom is -0.205 e. The third-order valence-corrected chi connectivity index (χ3v) is 2.62. The Balaban J connectivity index is 3.38. The van der Waals surface area contributed by atoms with Crippen molar-refractivity contribution in [1.29, 1.82) is 5.26 Å². The lowest BCUT2D eigenvalue weighted by Gasteiger charge is -2.02. The molecule has 0 amide bonds. The van der Waals surface area contributed by atoms with Crippen LogP contribution in [-0.4, -0.2) is 0 Å². The van der Waals surface area contributed by atoms with Gasteiger partial charge >= 0.3 is 0 Å². The first-order chi connectivity index (χ1) is 5.70. The summed E-state index contributed by atoms with van der Waals surface area (Å²) in [4.78, 5) is 0. The van der Waals surface area contributed by atoms with Crippen molar-refractivity contribution in [3.8, 4) is 6.07 Å². The first kappa shape index (κ1) is 9.69. The minimum atomic E-state index is -0.370. The lowest BCUT2D eigenvalue weighted by molar-refractivity contribution is 0.610. The van der Waals surface area contributed by atoms with E-state index < -0.39 is 0 Å². The van der Waals surface area contributed by atoms with Crippen molar-refractivity contribution >= 4 is 31.9 Å². The van der Waals surface area contributed by atoms with Crippen molar-refractivity contribution in [3.63, 3.8) is 0 Å². The van der Waals surface area contributed by atoms with Crippen LogP contribution in [-0.2, 0) is 5.33 Å². The summed E-state index contributed by atoms with van der Waals surface area (Å²) in [6.45, 7) is 0. The zero-order valence-corrected chi connectivity index (χ0v) is 9.11. The van der Waals surface area contributed by atoms with Gasteiger partial charge in [0.05, 0.1) is 16.1 Å². The number of nitriles is 1. The van der Waals surface area contributed by atoms with Crippen molar-refractivity contribution < 1.29 is 4.39 Å². The van der Waals surface area contributed by atoms with Gasteiger partial charge in [0, 0.05) is 10.9 Å². The van der Waals surface area contributed by atoms with Crippen LogP contribution in [0.1, 0.15) is 11.1 Å². The Labute approximate surface area is 86.5 Å². The number of rotatable bonds is 1. The fourth-order valence-electron chi connectivity index (χ4n) is 0.828. The number of hydrogen-bond donors (Lipinski definition) is 0. The summed E-state index contributed by atoms with van der Waals surface area (Å²) in [6.07, 6.45) is 0. The minimum absolute atomic E-state index is 0.348. The highest BCUT2D eigenvalue weighted by Gasteiger charge is 2.09. The van der Waals surface area contributed by atoms with E-state index in [-0.39, 0.29) is 5.82 Å². The van der Waals surface area contributed by atoms with E-state index >= 15 is 0 Å². The molecule has 0 saturated heterocycles. The molecule has 1 rings (SSSR count). The molecular weight excluding hydrogens is 289 g/mol. The summed E-state index contributed by atoms with van der Waals surface area (Å²) in [5, 5.41) is 8.96. The highest BCUT2D eigenvalue weighted by molar-refractivity contribution is 9.10. The molecule has 0 saturated carbocycles. The van der Waals surface area contributed by atoms with Gasteiger partial charge in [-0.3, -0.25) is 0 Å². The molecule has 62 valence electrons. The molecule has 0 aliphatic heterocycles. The molecule has 12 heavy (non-hydrogen) atoms. The molecule has 0 aliphatic carbocycles. The van der Waals surface area contributed by atoms with Crippen molar-refractivity contribution in [3.05, 3.63) is 33.5 Å². The van der Waals surface area contributed by atoms with Gasteiger partial charge < -0.3 is 0 Å². The van der Waals surface area contributed by atoms with E-state index in [0.717, 1.165) is 0 Å². The van der Waals surface area contributed by atoms with E-state index in [1.807, 2.05) is 6.07 Å². The molecule has 0 atom stereocenters. The van der Waals surface area contributed by atoms with Crippen molar-refractivity contribution in [1.82, 2.24) is 0 Å². The zero-order chi connectivity index (χ0) is 9.14. The van der Waals surface area contributed by atoms with Crippen LogP contribution in [0.4, 0.5) is 4.39 Å². The van der Waals surface area contributed by atoms with Crippen LogP contribution in [0.3, 0.4) is 0 Å².